The Morgan fingerprint density at radius 3 is 2.80 bits per heavy atom. The van der Waals surface area contributed by atoms with Crippen molar-refractivity contribution in [1.82, 2.24) is 4.90 Å². The summed E-state index contributed by atoms with van der Waals surface area (Å²) in [7, 11) is 0. The van der Waals surface area contributed by atoms with Crippen LogP contribution in [0.3, 0.4) is 0 Å². The fourth-order valence-electron chi connectivity index (χ4n) is 2.85. The van der Waals surface area contributed by atoms with Crippen molar-refractivity contribution in [2.24, 2.45) is 11.7 Å². The minimum atomic E-state index is 0.372. The second-order valence-corrected chi connectivity index (χ2v) is 4.54. The zero-order valence-electron chi connectivity index (χ0n) is 9.95. The van der Waals surface area contributed by atoms with Crippen molar-refractivity contribution >= 4 is 0 Å². The van der Waals surface area contributed by atoms with Gasteiger partial charge in [0.15, 0.2) is 0 Å². The second-order valence-electron chi connectivity index (χ2n) is 4.54. The van der Waals surface area contributed by atoms with Crippen LogP contribution in [-0.2, 0) is 0 Å². The van der Waals surface area contributed by atoms with Gasteiger partial charge in [0.25, 0.3) is 0 Å². The number of rotatable bonds is 5. The van der Waals surface area contributed by atoms with Gasteiger partial charge in [-0.05, 0) is 38.8 Å². The molecule has 0 amide bonds. The second kappa shape index (κ2) is 6.09. The number of nitriles is 1. The molecule has 0 spiro atoms. The van der Waals surface area contributed by atoms with E-state index in [0.29, 0.717) is 24.4 Å². The first-order valence-corrected chi connectivity index (χ1v) is 6.07. The van der Waals surface area contributed by atoms with Crippen LogP contribution in [0.2, 0.25) is 0 Å². The fourth-order valence-corrected chi connectivity index (χ4v) is 2.85. The fraction of sp³-hybridized carbons (Fsp3) is 0.917. The van der Waals surface area contributed by atoms with Crippen LogP contribution >= 0.6 is 0 Å². The lowest BCUT2D eigenvalue weighted by Crippen LogP contribution is -2.45. The van der Waals surface area contributed by atoms with Crippen molar-refractivity contribution in [1.29, 1.82) is 5.26 Å². The molecule has 1 saturated carbocycles. The predicted molar refractivity (Wildman–Crippen MR) is 62.3 cm³/mol. The van der Waals surface area contributed by atoms with E-state index in [4.69, 9.17) is 11.0 Å². The van der Waals surface area contributed by atoms with E-state index in [-0.39, 0.29) is 0 Å². The Labute approximate surface area is 93.2 Å². The molecule has 0 radical (unpaired) electrons. The normalized spacial score (nSPS) is 27.9. The summed E-state index contributed by atoms with van der Waals surface area (Å²) in [5, 5.41) is 8.75. The van der Waals surface area contributed by atoms with Gasteiger partial charge in [0.1, 0.15) is 0 Å². The smallest absolute Gasteiger partial charge is 0.0638 e. The molecule has 1 aliphatic carbocycles. The average Bonchev–Trinajstić information content (AvgIpc) is 2.67. The Morgan fingerprint density at radius 2 is 2.27 bits per heavy atom. The molecule has 0 heterocycles. The topological polar surface area (TPSA) is 53.0 Å². The summed E-state index contributed by atoms with van der Waals surface area (Å²) in [6, 6.07) is 3.25. The standard InChI is InChI=1S/C12H23N3/c1-3-15(10(2)7-8-13)12-6-4-5-11(12)9-14/h10-12H,3-7,9,14H2,1-2H3. The van der Waals surface area contributed by atoms with Crippen LogP contribution in [0.4, 0.5) is 0 Å². The van der Waals surface area contributed by atoms with Crippen LogP contribution in [-0.4, -0.2) is 30.1 Å². The van der Waals surface area contributed by atoms with E-state index in [0.717, 1.165) is 13.1 Å². The third-order valence-electron chi connectivity index (χ3n) is 3.67. The Morgan fingerprint density at radius 1 is 1.53 bits per heavy atom. The van der Waals surface area contributed by atoms with Crippen LogP contribution in [0, 0.1) is 17.2 Å². The van der Waals surface area contributed by atoms with Crippen LogP contribution in [0.5, 0.6) is 0 Å². The van der Waals surface area contributed by atoms with Crippen LogP contribution in [0.25, 0.3) is 0 Å². The van der Waals surface area contributed by atoms with Crippen molar-refractivity contribution < 1.29 is 0 Å². The van der Waals surface area contributed by atoms with Gasteiger partial charge >= 0.3 is 0 Å². The molecule has 1 fully saturated rings. The lowest BCUT2D eigenvalue weighted by atomic mass is 10.00. The van der Waals surface area contributed by atoms with Crippen molar-refractivity contribution in [3.63, 3.8) is 0 Å². The van der Waals surface area contributed by atoms with Gasteiger partial charge in [0.2, 0.25) is 0 Å². The Balaban J connectivity index is 2.61. The van der Waals surface area contributed by atoms with Crippen molar-refractivity contribution in [2.75, 3.05) is 13.1 Å². The van der Waals surface area contributed by atoms with Gasteiger partial charge in [-0.2, -0.15) is 5.26 Å². The van der Waals surface area contributed by atoms with E-state index in [1.54, 1.807) is 0 Å². The van der Waals surface area contributed by atoms with Crippen molar-refractivity contribution in [3.8, 4) is 6.07 Å². The SMILES string of the molecule is CCN(C(C)CC#N)C1CCCC1CN. The first kappa shape index (κ1) is 12.5. The van der Waals surface area contributed by atoms with Crippen LogP contribution in [0.1, 0.15) is 39.5 Å². The van der Waals surface area contributed by atoms with Gasteiger partial charge in [0, 0.05) is 12.1 Å². The lowest BCUT2D eigenvalue weighted by molar-refractivity contribution is 0.125. The van der Waals surface area contributed by atoms with Crippen molar-refractivity contribution in [3.05, 3.63) is 0 Å². The highest BCUT2D eigenvalue weighted by Crippen LogP contribution is 2.30. The van der Waals surface area contributed by atoms with Gasteiger partial charge < -0.3 is 5.73 Å². The summed E-state index contributed by atoms with van der Waals surface area (Å²) in [4.78, 5) is 2.47. The Kier molecular flexibility index (Phi) is 5.07. The minimum absolute atomic E-state index is 0.372. The average molecular weight is 209 g/mol. The summed E-state index contributed by atoms with van der Waals surface area (Å²) < 4.78 is 0. The third kappa shape index (κ3) is 2.93. The molecular weight excluding hydrogens is 186 g/mol. The molecule has 3 nitrogen and oxygen atoms in total. The molecular formula is C12H23N3. The molecule has 3 heteroatoms. The molecule has 0 bridgehead atoms. The molecule has 3 unspecified atom stereocenters. The highest BCUT2D eigenvalue weighted by atomic mass is 15.2. The maximum absolute atomic E-state index is 8.75. The van der Waals surface area contributed by atoms with E-state index in [2.05, 4.69) is 24.8 Å². The highest BCUT2D eigenvalue weighted by Gasteiger charge is 2.32. The summed E-state index contributed by atoms with van der Waals surface area (Å²) in [6.07, 6.45) is 4.44. The monoisotopic (exact) mass is 209 g/mol. The van der Waals surface area contributed by atoms with Gasteiger partial charge in [0.05, 0.1) is 12.5 Å². The molecule has 1 aliphatic rings. The first-order valence-electron chi connectivity index (χ1n) is 6.07. The Hall–Kier alpha value is -0.590. The number of nitrogens with two attached hydrogens (primary N) is 1. The van der Waals surface area contributed by atoms with Crippen molar-refractivity contribution in [2.45, 2.75) is 51.6 Å². The molecule has 1 rings (SSSR count). The molecule has 0 aromatic carbocycles. The van der Waals surface area contributed by atoms with Gasteiger partial charge in [-0.15, -0.1) is 0 Å². The summed E-state index contributed by atoms with van der Waals surface area (Å²) in [6.45, 7) is 6.16. The molecule has 0 aromatic rings. The number of nitrogens with zero attached hydrogens (tertiary/aromatic N) is 2. The van der Waals surface area contributed by atoms with Gasteiger partial charge in [-0.1, -0.05) is 13.3 Å². The van der Waals surface area contributed by atoms with Crippen LogP contribution in [0.15, 0.2) is 0 Å². The predicted octanol–water partition coefficient (Wildman–Crippen LogP) is 1.74. The van der Waals surface area contributed by atoms with E-state index in [1.807, 2.05) is 0 Å². The molecule has 3 atom stereocenters. The maximum Gasteiger partial charge on any atom is 0.0638 e. The molecule has 2 N–H and O–H groups in total. The zero-order valence-corrected chi connectivity index (χ0v) is 9.95. The number of hydrogen-bond acceptors (Lipinski definition) is 3. The summed E-state index contributed by atoms with van der Waals surface area (Å²) >= 11 is 0. The van der Waals surface area contributed by atoms with E-state index in [1.165, 1.54) is 19.3 Å². The van der Waals surface area contributed by atoms with Crippen LogP contribution < -0.4 is 5.73 Å². The quantitative estimate of drug-likeness (QED) is 0.750. The maximum atomic E-state index is 8.75. The largest absolute Gasteiger partial charge is 0.330 e. The summed E-state index contributed by atoms with van der Waals surface area (Å²) in [5.74, 6) is 0.645. The lowest BCUT2D eigenvalue weighted by Gasteiger charge is -2.35. The minimum Gasteiger partial charge on any atom is -0.330 e. The van der Waals surface area contributed by atoms with E-state index in [9.17, 15) is 0 Å². The molecule has 0 aliphatic heterocycles. The molecule has 86 valence electrons. The van der Waals surface area contributed by atoms with Gasteiger partial charge in [-0.3, -0.25) is 4.90 Å². The first-order chi connectivity index (χ1) is 7.24. The summed E-state index contributed by atoms with van der Waals surface area (Å²) in [5.41, 5.74) is 5.80. The molecule has 15 heavy (non-hydrogen) atoms. The Bertz CT molecular complexity index is 221. The molecule has 0 aromatic heterocycles. The highest BCUT2D eigenvalue weighted by molar-refractivity contribution is 4.90. The van der Waals surface area contributed by atoms with E-state index >= 15 is 0 Å². The van der Waals surface area contributed by atoms with E-state index < -0.39 is 0 Å². The third-order valence-corrected chi connectivity index (χ3v) is 3.67. The number of hydrogen-bond donors (Lipinski definition) is 1. The molecule has 0 saturated heterocycles. The zero-order chi connectivity index (χ0) is 11.3. The van der Waals surface area contributed by atoms with Gasteiger partial charge in [-0.25, -0.2) is 0 Å².